The summed E-state index contributed by atoms with van der Waals surface area (Å²) < 4.78 is 18.9. The van der Waals surface area contributed by atoms with Crippen LogP contribution >= 0.6 is 0 Å². The molecule has 0 atom stereocenters. The molecule has 1 fully saturated rings. The highest BCUT2D eigenvalue weighted by Gasteiger charge is 2.34. The van der Waals surface area contributed by atoms with Gasteiger partial charge in [0.25, 0.3) is 0 Å². The zero-order valence-corrected chi connectivity index (χ0v) is 22.2. The van der Waals surface area contributed by atoms with Crippen molar-refractivity contribution < 1.29 is 19.0 Å². The van der Waals surface area contributed by atoms with Crippen LogP contribution in [-0.4, -0.2) is 57.5 Å². The highest BCUT2D eigenvalue weighted by atomic mass is 16.6. The maximum absolute atomic E-state index is 12.6. The zero-order valence-electron chi connectivity index (χ0n) is 22.2. The van der Waals surface area contributed by atoms with Crippen LogP contribution in [0.2, 0.25) is 0 Å². The molecule has 2 aliphatic rings. The first kappa shape index (κ1) is 24.4. The van der Waals surface area contributed by atoms with E-state index in [1.807, 2.05) is 61.9 Å². The van der Waals surface area contributed by atoms with Crippen molar-refractivity contribution in [1.82, 2.24) is 19.4 Å². The zero-order chi connectivity index (χ0) is 26.5. The highest BCUT2D eigenvalue weighted by Crippen LogP contribution is 2.32. The van der Waals surface area contributed by atoms with E-state index < -0.39 is 5.60 Å². The molecular weight excluding hydrogens is 480 g/mol. The number of imidazole rings is 1. The van der Waals surface area contributed by atoms with Crippen molar-refractivity contribution in [2.24, 2.45) is 5.41 Å². The molecule has 0 aliphatic carbocycles. The van der Waals surface area contributed by atoms with Crippen LogP contribution in [0.4, 0.5) is 4.79 Å². The minimum absolute atomic E-state index is 0.0831. The molecule has 4 heterocycles. The third-order valence-electron chi connectivity index (χ3n) is 6.87. The molecule has 2 aromatic carbocycles. The summed E-state index contributed by atoms with van der Waals surface area (Å²) in [7, 11) is 0. The number of hydrogen-bond donors (Lipinski definition) is 0. The molecule has 0 unspecified atom stereocenters. The van der Waals surface area contributed by atoms with Gasteiger partial charge in [0.05, 0.1) is 36.4 Å². The summed E-state index contributed by atoms with van der Waals surface area (Å²) in [4.78, 5) is 23.9. The van der Waals surface area contributed by atoms with Crippen molar-refractivity contribution in [2.75, 3.05) is 26.4 Å². The lowest BCUT2D eigenvalue weighted by Gasteiger charge is -2.37. The second-order valence-electron chi connectivity index (χ2n) is 11.5. The summed E-state index contributed by atoms with van der Waals surface area (Å²) in [5, 5.41) is 1.04. The summed E-state index contributed by atoms with van der Waals surface area (Å²) >= 11 is 0. The van der Waals surface area contributed by atoms with Gasteiger partial charge >= 0.3 is 6.09 Å². The Morgan fingerprint density at radius 1 is 1.13 bits per heavy atom. The maximum atomic E-state index is 12.6. The number of hydrogen-bond acceptors (Lipinski definition) is 6. The number of amides is 1. The number of pyridine rings is 1. The van der Waals surface area contributed by atoms with Gasteiger partial charge in [0.15, 0.2) is 0 Å². The van der Waals surface area contributed by atoms with Crippen LogP contribution in [-0.2, 0) is 9.47 Å². The molecule has 8 nitrogen and oxygen atoms in total. The summed E-state index contributed by atoms with van der Waals surface area (Å²) in [6.45, 7) is 10.5. The van der Waals surface area contributed by atoms with Crippen LogP contribution in [0, 0.1) is 5.41 Å². The molecule has 6 rings (SSSR count). The van der Waals surface area contributed by atoms with E-state index in [4.69, 9.17) is 19.2 Å². The second-order valence-corrected chi connectivity index (χ2v) is 11.5. The summed E-state index contributed by atoms with van der Waals surface area (Å²) in [6, 6.07) is 16.2. The molecule has 0 saturated carbocycles. The first-order chi connectivity index (χ1) is 18.2. The number of rotatable bonds is 5. The van der Waals surface area contributed by atoms with Gasteiger partial charge in [-0.1, -0.05) is 25.1 Å². The SMILES string of the molecule is CC1(COc2ccc3c(c2)ncn3-c2ccc3cccc(C4=CN(C(=O)OC(C)(C)C)CC4)c3n2)COC1. The van der Waals surface area contributed by atoms with Crippen molar-refractivity contribution in [1.29, 1.82) is 0 Å². The Balaban J connectivity index is 1.29. The Morgan fingerprint density at radius 3 is 2.74 bits per heavy atom. The smallest absolute Gasteiger partial charge is 0.414 e. The van der Waals surface area contributed by atoms with E-state index in [0.29, 0.717) is 13.2 Å². The highest BCUT2D eigenvalue weighted by molar-refractivity contribution is 5.93. The van der Waals surface area contributed by atoms with Gasteiger partial charge in [-0.25, -0.2) is 14.8 Å². The van der Waals surface area contributed by atoms with Crippen LogP contribution in [0.5, 0.6) is 5.75 Å². The Bertz CT molecular complexity index is 1560. The van der Waals surface area contributed by atoms with Gasteiger partial charge in [-0.2, -0.15) is 0 Å². The first-order valence-electron chi connectivity index (χ1n) is 13.0. The van der Waals surface area contributed by atoms with Gasteiger partial charge in [-0.3, -0.25) is 9.47 Å². The van der Waals surface area contributed by atoms with Crippen molar-refractivity contribution in [2.45, 2.75) is 39.7 Å². The average Bonchev–Trinajstić information content (AvgIpc) is 3.52. The number of aromatic nitrogens is 3. The topological polar surface area (TPSA) is 78.7 Å². The first-order valence-corrected chi connectivity index (χ1v) is 13.0. The molecule has 8 heteroatoms. The van der Waals surface area contributed by atoms with Crippen LogP contribution < -0.4 is 4.74 Å². The third-order valence-corrected chi connectivity index (χ3v) is 6.87. The lowest BCUT2D eigenvalue weighted by Crippen LogP contribution is -2.44. The summed E-state index contributed by atoms with van der Waals surface area (Å²) in [6.07, 6.45) is 4.10. The fraction of sp³-hybridized carbons (Fsp3) is 0.367. The Morgan fingerprint density at radius 2 is 1.97 bits per heavy atom. The Labute approximate surface area is 221 Å². The monoisotopic (exact) mass is 512 g/mol. The molecule has 1 amide bonds. The number of para-hydroxylation sites is 1. The average molecular weight is 513 g/mol. The van der Waals surface area contributed by atoms with Crippen molar-refractivity contribution in [3.05, 3.63) is 66.6 Å². The molecule has 4 aromatic rings. The molecule has 0 spiro atoms. The number of nitrogens with zero attached hydrogens (tertiary/aromatic N) is 4. The van der Waals surface area contributed by atoms with E-state index in [2.05, 4.69) is 30.1 Å². The molecule has 196 valence electrons. The van der Waals surface area contributed by atoms with Gasteiger partial charge in [0.2, 0.25) is 0 Å². The normalized spacial score (nSPS) is 16.9. The largest absolute Gasteiger partial charge is 0.493 e. The van der Waals surface area contributed by atoms with E-state index in [1.54, 1.807) is 11.2 Å². The predicted octanol–water partition coefficient (Wildman–Crippen LogP) is 5.97. The molecule has 0 bridgehead atoms. The van der Waals surface area contributed by atoms with Gasteiger partial charge in [0.1, 0.15) is 23.5 Å². The van der Waals surface area contributed by atoms with E-state index in [1.165, 1.54) is 0 Å². The van der Waals surface area contributed by atoms with Crippen molar-refractivity contribution in [3.63, 3.8) is 0 Å². The molecule has 1 saturated heterocycles. The van der Waals surface area contributed by atoms with E-state index in [0.717, 1.165) is 64.3 Å². The fourth-order valence-electron chi connectivity index (χ4n) is 4.81. The quantitative estimate of drug-likeness (QED) is 0.328. The van der Waals surface area contributed by atoms with Crippen LogP contribution in [0.1, 0.15) is 39.7 Å². The molecule has 0 N–H and O–H groups in total. The Kier molecular flexibility index (Phi) is 5.87. The second kappa shape index (κ2) is 9.13. The number of benzene rings is 2. The Hall–Kier alpha value is -3.91. The van der Waals surface area contributed by atoms with Gasteiger partial charge in [-0.05, 0) is 57.0 Å². The molecule has 2 aliphatic heterocycles. The standard InChI is InChI=1S/C30H32N4O4/c1-29(2,3)38-28(35)33-13-12-21(15-33)23-7-5-6-20-8-11-26(32-27(20)23)34-19-31-24-14-22(9-10-25(24)34)37-18-30(4)16-36-17-30/h5-11,14-15,19H,12-13,16-18H2,1-4H3. The van der Waals surface area contributed by atoms with Gasteiger partial charge < -0.3 is 14.2 Å². The van der Waals surface area contributed by atoms with E-state index in [9.17, 15) is 4.79 Å². The molecular formula is C30H32N4O4. The van der Waals surface area contributed by atoms with E-state index >= 15 is 0 Å². The van der Waals surface area contributed by atoms with Gasteiger partial charge in [0, 0.05) is 35.2 Å². The van der Waals surface area contributed by atoms with Crippen molar-refractivity contribution >= 4 is 33.6 Å². The van der Waals surface area contributed by atoms with Crippen molar-refractivity contribution in [3.8, 4) is 11.6 Å². The summed E-state index contributed by atoms with van der Waals surface area (Å²) in [5.74, 6) is 1.58. The van der Waals surface area contributed by atoms with Gasteiger partial charge in [-0.15, -0.1) is 0 Å². The molecule has 2 aromatic heterocycles. The lowest BCUT2D eigenvalue weighted by atomic mass is 9.90. The van der Waals surface area contributed by atoms with Crippen LogP contribution in [0.25, 0.3) is 33.3 Å². The number of carbonyl (C=O) groups is 1. The predicted molar refractivity (Wildman–Crippen MR) is 146 cm³/mol. The number of ether oxygens (including phenoxy) is 3. The number of carbonyl (C=O) groups excluding carboxylic acids is 1. The minimum Gasteiger partial charge on any atom is -0.493 e. The fourth-order valence-corrected chi connectivity index (χ4v) is 4.81. The summed E-state index contributed by atoms with van der Waals surface area (Å²) in [5.41, 5.74) is 4.32. The number of fused-ring (bicyclic) bond motifs is 2. The van der Waals surface area contributed by atoms with E-state index in [-0.39, 0.29) is 11.5 Å². The third kappa shape index (κ3) is 4.72. The van der Waals surface area contributed by atoms with Crippen LogP contribution in [0.15, 0.2) is 61.1 Å². The maximum Gasteiger partial charge on any atom is 0.414 e. The van der Waals surface area contributed by atoms with Crippen LogP contribution in [0.3, 0.4) is 0 Å². The molecule has 0 radical (unpaired) electrons. The minimum atomic E-state index is -0.534. The lowest BCUT2D eigenvalue weighted by molar-refractivity contribution is -0.120. The molecule has 38 heavy (non-hydrogen) atoms.